The molecule has 1 amide bonds. The molecule has 2 aliphatic heterocycles. The number of aryl methyl sites for hydroxylation is 2. The molecule has 6 nitrogen and oxygen atoms in total. The van der Waals surface area contributed by atoms with Gasteiger partial charge < -0.3 is 9.64 Å². The molecule has 2 aliphatic rings. The number of ether oxygens (including phenoxy) is 1. The lowest BCUT2D eigenvalue weighted by molar-refractivity contribution is -0.119. The Labute approximate surface area is 165 Å². The van der Waals surface area contributed by atoms with Gasteiger partial charge in [0, 0.05) is 19.5 Å². The van der Waals surface area contributed by atoms with E-state index in [0.717, 1.165) is 47.5 Å². The van der Waals surface area contributed by atoms with Crippen molar-refractivity contribution >= 4 is 21.6 Å². The van der Waals surface area contributed by atoms with Gasteiger partial charge in [0.2, 0.25) is 15.9 Å². The van der Waals surface area contributed by atoms with E-state index in [1.807, 2.05) is 29.2 Å². The van der Waals surface area contributed by atoms with Crippen LogP contribution in [0, 0.1) is 0 Å². The Morgan fingerprint density at radius 3 is 2.50 bits per heavy atom. The Kier molecular flexibility index (Phi) is 5.12. The maximum atomic E-state index is 12.8. The Morgan fingerprint density at radius 1 is 1.07 bits per heavy atom. The molecule has 28 heavy (non-hydrogen) atoms. The first-order chi connectivity index (χ1) is 13.5. The predicted octanol–water partition coefficient (Wildman–Crippen LogP) is 2.44. The number of methoxy groups -OCH3 is 1. The van der Waals surface area contributed by atoms with Crippen LogP contribution in [0.3, 0.4) is 0 Å². The number of nitrogens with one attached hydrogen (secondary N) is 1. The van der Waals surface area contributed by atoms with Crippen molar-refractivity contribution < 1.29 is 17.9 Å². The highest BCUT2D eigenvalue weighted by Gasteiger charge is 2.31. The third kappa shape index (κ3) is 3.64. The molecule has 0 aromatic heterocycles. The maximum absolute atomic E-state index is 12.8. The van der Waals surface area contributed by atoms with Crippen molar-refractivity contribution in [2.24, 2.45) is 0 Å². The number of rotatable bonds is 6. The van der Waals surface area contributed by atoms with E-state index in [0.29, 0.717) is 30.7 Å². The van der Waals surface area contributed by atoms with Crippen LogP contribution in [0.2, 0.25) is 0 Å². The van der Waals surface area contributed by atoms with Crippen LogP contribution < -0.4 is 14.4 Å². The average molecular weight is 401 g/mol. The number of nitrogens with zero attached hydrogens (tertiary/aromatic N) is 1. The molecule has 0 bridgehead atoms. The molecule has 7 heteroatoms. The second-order valence-corrected chi connectivity index (χ2v) is 9.00. The summed E-state index contributed by atoms with van der Waals surface area (Å²) < 4.78 is 33.5. The number of amides is 1. The second kappa shape index (κ2) is 7.56. The quantitative estimate of drug-likeness (QED) is 0.808. The molecule has 0 fully saturated rings. The first kappa shape index (κ1) is 19.0. The van der Waals surface area contributed by atoms with Gasteiger partial charge in [-0.3, -0.25) is 4.79 Å². The summed E-state index contributed by atoms with van der Waals surface area (Å²) in [6.45, 7) is 1.05. The van der Waals surface area contributed by atoms with Gasteiger partial charge in [0.1, 0.15) is 5.75 Å². The Morgan fingerprint density at radius 2 is 1.79 bits per heavy atom. The Hall–Kier alpha value is -2.38. The van der Waals surface area contributed by atoms with Gasteiger partial charge in [0.15, 0.2) is 0 Å². The van der Waals surface area contributed by atoms with E-state index in [-0.39, 0.29) is 5.91 Å². The molecule has 2 aromatic carbocycles. The van der Waals surface area contributed by atoms with Crippen LogP contribution in [0.1, 0.15) is 29.5 Å². The van der Waals surface area contributed by atoms with Gasteiger partial charge in [-0.05, 0) is 66.6 Å². The van der Waals surface area contributed by atoms with Gasteiger partial charge in [0.25, 0.3) is 0 Å². The summed E-state index contributed by atoms with van der Waals surface area (Å²) >= 11 is 0. The third-order valence-electron chi connectivity index (χ3n) is 5.42. The van der Waals surface area contributed by atoms with Crippen LogP contribution >= 0.6 is 0 Å². The number of anilines is 1. The molecule has 148 valence electrons. The zero-order valence-electron chi connectivity index (χ0n) is 15.9. The molecule has 1 N–H and O–H groups in total. The fourth-order valence-electron chi connectivity index (χ4n) is 3.98. The van der Waals surface area contributed by atoms with Gasteiger partial charge in [0.05, 0.1) is 17.7 Å². The van der Waals surface area contributed by atoms with Crippen molar-refractivity contribution in [3.05, 3.63) is 53.1 Å². The van der Waals surface area contributed by atoms with Gasteiger partial charge in [-0.1, -0.05) is 12.1 Å². The zero-order valence-corrected chi connectivity index (χ0v) is 16.7. The summed E-state index contributed by atoms with van der Waals surface area (Å²) in [4.78, 5) is 14.3. The lowest BCUT2D eigenvalue weighted by Crippen LogP contribution is -2.39. The largest absolute Gasteiger partial charge is 0.497 e. The van der Waals surface area contributed by atoms with Crippen LogP contribution in [0.25, 0.3) is 0 Å². The van der Waals surface area contributed by atoms with E-state index in [2.05, 4.69) is 4.72 Å². The molecule has 0 spiro atoms. The first-order valence-electron chi connectivity index (χ1n) is 9.57. The minimum Gasteiger partial charge on any atom is -0.497 e. The monoisotopic (exact) mass is 400 g/mol. The molecule has 0 saturated carbocycles. The summed E-state index contributed by atoms with van der Waals surface area (Å²) in [7, 11) is -1.98. The topological polar surface area (TPSA) is 75.7 Å². The molecule has 4 rings (SSSR count). The van der Waals surface area contributed by atoms with Crippen molar-refractivity contribution in [2.45, 2.75) is 37.0 Å². The summed E-state index contributed by atoms with van der Waals surface area (Å²) in [6.07, 6.45) is 3.32. The molecule has 2 aromatic rings. The molecule has 0 atom stereocenters. The van der Waals surface area contributed by atoms with Crippen LogP contribution in [0.4, 0.5) is 5.69 Å². The van der Waals surface area contributed by atoms with Crippen molar-refractivity contribution in [1.82, 2.24) is 4.72 Å². The van der Waals surface area contributed by atoms with Gasteiger partial charge in [-0.2, -0.15) is 0 Å². The third-order valence-corrected chi connectivity index (χ3v) is 6.86. The number of carbonyl (C=O) groups is 1. The Balaban J connectivity index is 1.50. The van der Waals surface area contributed by atoms with E-state index < -0.39 is 10.0 Å². The highest BCUT2D eigenvalue weighted by Crippen LogP contribution is 2.37. The van der Waals surface area contributed by atoms with E-state index in [1.165, 1.54) is 0 Å². The highest BCUT2D eigenvalue weighted by atomic mass is 32.2. The fourth-order valence-corrected chi connectivity index (χ4v) is 5.11. The lowest BCUT2D eigenvalue weighted by atomic mass is 9.92. The molecule has 0 saturated heterocycles. The first-order valence-corrected chi connectivity index (χ1v) is 11.0. The zero-order chi connectivity index (χ0) is 19.7. The number of hydrogen-bond acceptors (Lipinski definition) is 4. The van der Waals surface area contributed by atoms with Crippen molar-refractivity contribution in [1.29, 1.82) is 0 Å². The maximum Gasteiger partial charge on any atom is 0.240 e. The fraction of sp³-hybridized carbons (Fsp3) is 0.381. The van der Waals surface area contributed by atoms with E-state index in [9.17, 15) is 13.2 Å². The number of hydrogen-bond donors (Lipinski definition) is 1. The molecular weight excluding hydrogens is 376 g/mol. The van der Waals surface area contributed by atoms with Crippen LogP contribution in [0.15, 0.2) is 41.3 Å². The van der Waals surface area contributed by atoms with E-state index >= 15 is 0 Å². The number of sulfonamides is 1. The minimum absolute atomic E-state index is 0.140. The molecule has 0 radical (unpaired) electrons. The molecule has 0 aliphatic carbocycles. The van der Waals surface area contributed by atoms with E-state index in [1.54, 1.807) is 19.2 Å². The Bertz CT molecular complexity index is 983. The van der Waals surface area contributed by atoms with Crippen molar-refractivity contribution in [3.8, 4) is 5.75 Å². The lowest BCUT2D eigenvalue weighted by Gasteiger charge is -2.35. The van der Waals surface area contributed by atoms with Crippen molar-refractivity contribution in [2.75, 3.05) is 25.1 Å². The van der Waals surface area contributed by atoms with Gasteiger partial charge in [-0.25, -0.2) is 13.1 Å². The standard InChI is InChI=1S/C21H24N2O4S/c1-27-18-7-4-15(5-8-18)10-11-22-28(25,26)19-13-16-3-2-12-23-20(24)9-6-17(14-19)21(16)23/h4-5,7-8,13-14,22H,2-3,6,9-12H2,1H3. The van der Waals surface area contributed by atoms with Crippen LogP contribution in [0.5, 0.6) is 5.75 Å². The summed E-state index contributed by atoms with van der Waals surface area (Å²) in [5.74, 6) is 0.918. The second-order valence-electron chi connectivity index (χ2n) is 7.23. The summed E-state index contributed by atoms with van der Waals surface area (Å²) in [5.41, 5.74) is 3.91. The average Bonchev–Trinajstić information content (AvgIpc) is 2.71. The SMILES string of the molecule is COc1ccc(CCNS(=O)(=O)c2cc3c4c(c2)CCC(=O)N4CCC3)cc1. The molecule has 2 heterocycles. The summed E-state index contributed by atoms with van der Waals surface area (Å²) in [6, 6.07) is 11.1. The molecule has 0 unspecified atom stereocenters. The summed E-state index contributed by atoms with van der Waals surface area (Å²) in [5, 5.41) is 0. The van der Waals surface area contributed by atoms with Crippen LogP contribution in [-0.2, 0) is 34.1 Å². The van der Waals surface area contributed by atoms with Gasteiger partial charge in [-0.15, -0.1) is 0 Å². The van der Waals surface area contributed by atoms with Crippen molar-refractivity contribution in [3.63, 3.8) is 0 Å². The van der Waals surface area contributed by atoms with E-state index in [4.69, 9.17) is 4.74 Å². The molecular formula is C21H24N2O4S. The highest BCUT2D eigenvalue weighted by molar-refractivity contribution is 7.89. The normalized spacial score (nSPS) is 16.0. The minimum atomic E-state index is -3.59. The predicted molar refractivity (Wildman–Crippen MR) is 107 cm³/mol. The number of carbonyl (C=O) groups excluding carboxylic acids is 1. The number of benzene rings is 2. The van der Waals surface area contributed by atoms with Crippen LogP contribution in [-0.4, -0.2) is 34.5 Å². The van der Waals surface area contributed by atoms with Gasteiger partial charge >= 0.3 is 0 Å². The smallest absolute Gasteiger partial charge is 0.240 e.